The molecule has 3 aromatic rings. The average molecular weight is 285 g/mol. The van der Waals surface area contributed by atoms with E-state index in [-0.39, 0.29) is 0 Å². The van der Waals surface area contributed by atoms with Gasteiger partial charge >= 0.3 is 0 Å². The van der Waals surface area contributed by atoms with E-state index >= 15 is 0 Å². The predicted octanol–water partition coefficient (Wildman–Crippen LogP) is 3.36. The van der Waals surface area contributed by atoms with Crippen LogP contribution in [0.3, 0.4) is 0 Å². The highest BCUT2D eigenvalue weighted by atomic mass is 35.5. The van der Waals surface area contributed by atoms with Gasteiger partial charge in [0.05, 0.1) is 22.8 Å². The van der Waals surface area contributed by atoms with Crippen molar-refractivity contribution in [2.75, 3.05) is 5.73 Å². The van der Waals surface area contributed by atoms with Gasteiger partial charge in [0, 0.05) is 17.8 Å². The number of imidazole rings is 1. The Balaban J connectivity index is 1.97. The summed E-state index contributed by atoms with van der Waals surface area (Å²) >= 11 is 5.97. The van der Waals surface area contributed by atoms with Gasteiger partial charge in [-0.15, -0.1) is 0 Å². The van der Waals surface area contributed by atoms with E-state index in [4.69, 9.17) is 17.3 Å². The minimum absolute atomic E-state index is 0.476. The molecule has 0 unspecified atom stereocenters. The van der Waals surface area contributed by atoms with Gasteiger partial charge in [-0.2, -0.15) is 0 Å². The average Bonchev–Trinajstić information content (AvgIpc) is 2.79. The van der Waals surface area contributed by atoms with Gasteiger partial charge in [-0.25, -0.2) is 4.98 Å². The van der Waals surface area contributed by atoms with Crippen LogP contribution in [0.1, 0.15) is 11.3 Å². The summed E-state index contributed by atoms with van der Waals surface area (Å²) in [6, 6.07) is 7.96. The molecule has 4 nitrogen and oxygen atoms in total. The number of anilines is 1. The van der Waals surface area contributed by atoms with E-state index in [2.05, 4.69) is 22.6 Å². The standard InChI is InChI=1S/C15H13ClN4/c1-2-13-9-20(15(17)19-13)8-10-3-4-14-11(5-10)6-12(16)7-18-14/h2-7,9H,1,8H2,(H2,17,19). The number of aromatic nitrogens is 3. The normalized spacial score (nSPS) is 10.8. The Morgan fingerprint density at radius 3 is 2.95 bits per heavy atom. The molecule has 3 rings (SSSR count). The first kappa shape index (κ1) is 12.7. The number of halogens is 1. The third kappa shape index (κ3) is 2.38. The van der Waals surface area contributed by atoms with Gasteiger partial charge in [-0.05, 0) is 29.8 Å². The second-order valence-corrected chi connectivity index (χ2v) is 4.97. The van der Waals surface area contributed by atoms with Gasteiger partial charge in [-0.1, -0.05) is 24.2 Å². The van der Waals surface area contributed by atoms with Gasteiger partial charge in [0.15, 0.2) is 0 Å². The molecule has 2 heterocycles. The third-order valence-electron chi connectivity index (χ3n) is 3.10. The van der Waals surface area contributed by atoms with Crippen molar-refractivity contribution in [3.8, 4) is 0 Å². The summed E-state index contributed by atoms with van der Waals surface area (Å²) in [5.74, 6) is 0.476. The highest BCUT2D eigenvalue weighted by Gasteiger charge is 2.04. The summed E-state index contributed by atoms with van der Waals surface area (Å²) in [5.41, 5.74) is 8.68. The molecule has 1 aromatic carbocycles. The summed E-state index contributed by atoms with van der Waals surface area (Å²) in [7, 11) is 0. The summed E-state index contributed by atoms with van der Waals surface area (Å²) in [6.07, 6.45) is 5.20. The maximum Gasteiger partial charge on any atom is 0.201 e. The summed E-state index contributed by atoms with van der Waals surface area (Å²) < 4.78 is 1.89. The molecule has 0 aliphatic carbocycles. The number of pyridine rings is 1. The second-order valence-electron chi connectivity index (χ2n) is 4.54. The minimum Gasteiger partial charge on any atom is -0.369 e. The van der Waals surface area contributed by atoms with Crippen LogP contribution in [0.15, 0.2) is 43.2 Å². The van der Waals surface area contributed by atoms with Crippen LogP contribution in [0.2, 0.25) is 5.02 Å². The van der Waals surface area contributed by atoms with E-state index in [0.29, 0.717) is 17.5 Å². The molecule has 0 saturated heterocycles. The van der Waals surface area contributed by atoms with Crippen LogP contribution in [-0.2, 0) is 6.54 Å². The van der Waals surface area contributed by atoms with Crippen LogP contribution in [-0.4, -0.2) is 14.5 Å². The maximum atomic E-state index is 5.97. The summed E-state index contributed by atoms with van der Waals surface area (Å²) in [6.45, 7) is 4.34. The SMILES string of the molecule is C=Cc1cn(Cc2ccc3ncc(Cl)cc3c2)c(N)n1. The number of hydrogen-bond acceptors (Lipinski definition) is 3. The van der Waals surface area contributed by atoms with Crippen molar-refractivity contribution in [1.82, 2.24) is 14.5 Å². The molecule has 0 aliphatic heterocycles. The monoisotopic (exact) mass is 284 g/mol. The van der Waals surface area contributed by atoms with Crippen LogP contribution < -0.4 is 5.73 Å². The van der Waals surface area contributed by atoms with Crippen molar-refractivity contribution in [2.24, 2.45) is 0 Å². The maximum absolute atomic E-state index is 5.97. The van der Waals surface area contributed by atoms with Crippen molar-refractivity contribution in [3.63, 3.8) is 0 Å². The number of benzene rings is 1. The van der Waals surface area contributed by atoms with Crippen molar-refractivity contribution >= 4 is 34.5 Å². The first-order valence-electron chi connectivity index (χ1n) is 6.15. The lowest BCUT2D eigenvalue weighted by Crippen LogP contribution is -2.03. The largest absolute Gasteiger partial charge is 0.369 e. The Bertz CT molecular complexity index is 792. The fourth-order valence-electron chi connectivity index (χ4n) is 2.13. The van der Waals surface area contributed by atoms with Crippen LogP contribution in [0.5, 0.6) is 0 Å². The molecule has 2 N–H and O–H groups in total. The Morgan fingerprint density at radius 2 is 2.20 bits per heavy atom. The molecule has 0 atom stereocenters. The third-order valence-corrected chi connectivity index (χ3v) is 3.31. The van der Waals surface area contributed by atoms with E-state index in [9.17, 15) is 0 Å². The lowest BCUT2D eigenvalue weighted by Gasteiger charge is -2.06. The van der Waals surface area contributed by atoms with Gasteiger partial charge in [-0.3, -0.25) is 4.98 Å². The molecule has 0 fully saturated rings. The van der Waals surface area contributed by atoms with E-state index in [0.717, 1.165) is 22.2 Å². The molecule has 20 heavy (non-hydrogen) atoms. The number of rotatable bonds is 3. The number of hydrogen-bond donors (Lipinski definition) is 1. The first-order valence-corrected chi connectivity index (χ1v) is 6.53. The summed E-state index contributed by atoms with van der Waals surface area (Å²) in [4.78, 5) is 8.47. The molecule has 5 heteroatoms. The van der Waals surface area contributed by atoms with Gasteiger partial charge < -0.3 is 10.3 Å². The quantitative estimate of drug-likeness (QED) is 0.802. The number of nitrogen functional groups attached to an aromatic ring is 1. The Morgan fingerprint density at radius 1 is 1.35 bits per heavy atom. The lowest BCUT2D eigenvalue weighted by molar-refractivity contribution is 0.812. The predicted molar refractivity (Wildman–Crippen MR) is 82.6 cm³/mol. The number of nitrogens with zero attached hydrogens (tertiary/aromatic N) is 3. The number of fused-ring (bicyclic) bond motifs is 1. The fourth-order valence-corrected chi connectivity index (χ4v) is 2.29. The first-order chi connectivity index (χ1) is 9.65. The van der Waals surface area contributed by atoms with Crippen LogP contribution in [0.4, 0.5) is 5.95 Å². The molecule has 0 spiro atoms. The number of nitrogens with two attached hydrogens (primary N) is 1. The van der Waals surface area contributed by atoms with E-state index in [1.54, 1.807) is 12.3 Å². The second kappa shape index (κ2) is 4.98. The van der Waals surface area contributed by atoms with Crippen molar-refractivity contribution in [2.45, 2.75) is 6.54 Å². The smallest absolute Gasteiger partial charge is 0.201 e. The van der Waals surface area contributed by atoms with Crippen molar-refractivity contribution < 1.29 is 0 Å². The molecule has 0 saturated carbocycles. The molecular weight excluding hydrogens is 272 g/mol. The molecular formula is C15H13ClN4. The Hall–Kier alpha value is -2.33. The van der Waals surface area contributed by atoms with Gasteiger partial charge in [0.2, 0.25) is 5.95 Å². The Kier molecular flexibility index (Phi) is 3.16. The van der Waals surface area contributed by atoms with Crippen molar-refractivity contribution in [1.29, 1.82) is 0 Å². The zero-order valence-corrected chi connectivity index (χ0v) is 11.5. The van der Waals surface area contributed by atoms with E-state index < -0.39 is 0 Å². The van der Waals surface area contributed by atoms with Gasteiger partial charge in [0.1, 0.15) is 0 Å². The minimum atomic E-state index is 0.476. The van der Waals surface area contributed by atoms with Crippen LogP contribution in [0.25, 0.3) is 17.0 Å². The van der Waals surface area contributed by atoms with E-state index in [1.807, 2.05) is 29.0 Å². The highest BCUT2D eigenvalue weighted by Crippen LogP contribution is 2.19. The summed E-state index contributed by atoms with van der Waals surface area (Å²) in [5, 5.41) is 1.64. The zero-order chi connectivity index (χ0) is 14.1. The molecule has 2 aromatic heterocycles. The molecule has 0 amide bonds. The van der Waals surface area contributed by atoms with Crippen LogP contribution in [0, 0.1) is 0 Å². The van der Waals surface area contributed by atoms with Gasteiger partial charge in [0.25, 0.3) is 0 Å². The lowest BCUT2D eigenvalue weighted by atomic mass is 10.1. The topological polar surface area (TPSA) is 56.7 Å². The fraction of sp³-hybridized carbons (Fsp3) is 0.0667. The zero-order valence-electron chi connectivity index (χ0n) is 10.8. The van der Waals surface area contributed by atoms with E-state index in [1.165, 1.54) is 0 Å². The van der Waals surface area contributed by atoms with Crippen LogP contribution >= 0.6 is 11.6 Å². The highest BCUT2D eigenvalue weighted by molar-refractivity contribution is 6.31. The molecule has 0 radical (unpaired) electrons. The molecule has 100 valence electrons. The molecule has 0 bridgehead atoms. The Labute approximate surface area is 121 Å². The van der Waals surface area contributed by atoms with Crippen molar-refractivity contribution in [3.05, 3.63) is 59.5 Å². The molecule has 0 aliphatic rings.